The molecule has 1 atom stereocenters. The minimum absolute atomic E-state index is 0.309. The van der Waals surface area contributed by atoms with Gasteiger partial charge >= 0.3 is 0 Å². The van der Waals surface area contributed by atoms with Crippen LogP contribution in [0.3, 0.4) is 0 Å². The van der Waals surface area contributed by atoms with E-state index in [0.717, 1.165) is 12.3 Å². The monoisotopic (exact) mass is 230 g/mol. The standard InChI is InChI=1S/C13H23ClO/c14-11-5-2-6-12-7-10-13(15-12)8-3-1-4-9-13/h12H,1-11H2. The number of hydrogen-bond acceptors (Lipinski definition) is 1. The molecule has 2 rings (SSSR count). The SMILES string of the molecule is ClCCCCC1CCC2(CCCCC2)O1. The second-order valence-corrected chi connectivity index (χ2v) is 5.58. The van der Waals surface area contributed by atoms with Crippen molar-refractivity contribution in [2.75, 3.05) is 5.88 Å². The van der Waals surface area contributed by atoms with Crippen LogP contribution in [-0.4, -0.2) is 17.6 Å². The molecule has 0 aromatic carbocycles. The molecule has 2 heteroatoms. The van der Waals surface area contributed by atoms with Crippen LogP contribution in [0.25, 0.3) is 0 Å². The third kappa shape index (κ3) is 3.10. The molecule has 2 aliphatic rings. The fourth-order valence-electron chi connectivity index (χ4n) is 3.13. The van der Waals surface area contributed by atoms with Crippen LogP contribution in [0.15, 0.2) is 0 Å². The van der Waals surface area contributed by atoms with Crippen LogP contribution >= 0.6 is 11.6 Å². The Labute approximate surface area is 98.5 Å². The van der Waals surface area contributed by atoms with E-state index in [1.165, 1.54) is 57.8 Å². The van der Waals surface area contributed by atoms with Crippen LogP contribution < -0.4 is 0 Å². The lowest BCUT2D eigenvalue weighted by Crippen LogP contribution is -2.31. The number of unbranched alkanes of at least 4 members (excludes halogenated alkanes) is 1. The largest absolute Gasteiger partial charge is 0.372 e. The number of halogens is 1. The van der Waals surface area contributed by atoms with Crippen LogP contribution in [0.2, 0.25) is 0 Å². The second-order valence-electron chi connectivity index (χ2n) is 5.21. The van der Waals surface area contributed by atoms with Gasteiger partial charge < -0.3 is 4.74 Å². The lowest BCUT2D eigenvalue weighted by molar-refractivity contribution is -0.0659. The van der Waals surface area contributed by atoms with Gasteiger partial charge in [0, 0.05) is 5.88 Å². The van der Waals surface area contributed by atoms with Crippen LogP contribution in [0.4, 0.5) is 0 Å². The molecule has 1 aliphatic carbocycles. The number of hydrogen-bond donors (Lipinski definition) is 0. The summed E-state index contributed by atoms with van der Waals surface area (Å²) < 4.78 is 6.29. The molecular formula is C13H23ClO. The van der Waals surface area contributed by atoms with Gasteiger partial charge in [-0.1, -0.05) is 19.3 Å². The van der Waals surface area contributed by atoms with Gasteiger partial charge in [0.1, 0.15) is 0 Å². The quantitative estimate of drug-likeness (QED) is 0.518. The summed E-state index contributed by atoms with van der Waals surface area (Å²) in [6.07, 6.45) is 13.6. The molecule has 1 spiro atoms. The highest BCUT2D eigenvalue weighted by molar-refractivity contribution is 6.17. The number of alkyl halides is 1. The summed E-state index contributed by atoms with van der Waals surface area (Å²) in [6, 6.07) is 0. The van der Waals surface area contributed by atoms with E-state index in [2.05, 4.69) is 0 Å². The van der Waals surface area contributed by atoms with Crippen molar-refractivity contribution in [1.82, 2.24) is 0 Å². The third-order valence-corrected chi connectivity index (χ3v) is 4.28. The maximum Gasteiger partial charge on any atom is 0.0687 e. The average molecular weight is 231 g/mol. The Balaban J connectivity index is 1.73. The molecule has 1 heterocycles. The first kappa shape index (κ1) is 11.7. The summed E-state index contributed by atoms with van der Waals surface area (Å²) in [5.41, 5.74) is 0.309. The minimum Gasteiger partial charge on any atom is -0.372 e. The summed E-state index contributed by atoms with van der Waals surface area (Å²) in [7, 11) is 0. The second kappa shape index (κ2) is 5.54. The normalized spacial score (nSPS) is 29.8. The zero-order valence-electron chi connectivity index (χ0n) is 9.64. The van der Waals surface area contributed by atoms with Crippen molar-refractivity contribution in [2.24, 2.45) is 0 Å². The summed E-state index contributed by atoms with van der Waals surface area (Å²) in [6.45, 7) is 0. The van der Waals surface area contributed by atoms with Crippen LogP contribution in [0.1, 0.15) is 64.2 Å². The van der Waals surface area contributed by atoms with Crippen molar-refractivity contribution in [3.63, 3.8) is 0 Å². The van der Waals surface area contributed by atoms with E-state index in [1.54, 1.807) is 0 Å². The van der Waals surface area contributed by atoms with Gasteiger partial charge in [0.2, 0.25) is 0 Å². The highest BCUT2D eigenvalue weighted by Crippen LogP contribution is 2.42. The molecule has 1 aliphatic heterocycles. The molecule has 88 valence electrons. The van der Waals surface area contributed by atoms with Gasteiger partial charge in [0.25, 0.3) is 0 Å². The highest BCUT2D eigenvalue weighted by atomic mass is 35.5. The van der Waals surface area contributed by atoms with Crippen molar-refractivity contribution in [3.05, 3.63) is 0 Å². The van der Waals surface area contributed by atoms with Crippen molar-refractivity contribution in [1.29, 1.82) is 0 Å². The minimum atomic E-state index is 0.309. The molecule has 0 radical (unpaired) electrons. The average Bonchev–Trinajstić information content (AvgIpc) is 2.63. The van der Waals surface area contributed by atoms with Gasteiger partial charge in [0.05, 0.1) is 11.7 Å². The van der Waals surface area contributed by atoms with E-state index in [9.17, 15) is 0 Å². The predicted molar refractivity (Wildman–Crippen MR) is 64.5 cm³/mol. The molecule has 1 unspecified atom stereocenters. The smallest absolute Gasteiger partial charge is 0.0687 e. The molecule has 15 heavy (non-hydrogen) atoms. The van der Waals surface area contributed by atoms with Gasteiger partial charge in [-0.2, -0.15) is 0 Å². The molecule has 2 fully saturated rings. The van der Waals surface area contributed by atoms with Crippen molar-refractivity contribution in [3.8, 4) is 0 Å². The summed E-state index contributed by atoms with van der Waals surface area (Å²) in [5.74, 6) is 0.803. The molecule has 0 aromatic rings. The fourth-order valence-corrected chi connectivity index (χ4v) is 3.32. The predicted octanol–water partition coefficient (Wildman–Crippen LogP) is 4.28. The Morgan fingerprint density at radius 1 is 1.07 bits per heavy atom. The zero-order chi connectivity index (χ0) is 10.6. The van der Waals surface area contributed by atoms with E-state index >= 15 is 0 Å². The van der Waals surface area contributed by atoms with E-state index in [4.69, 9.17) is 16.3 Å². The Kier molecular flexibility index (Phi) is 4.33. The van der Waals surface area contributed by atoms with Crippen LogP contribution in [-0.2, 0) is 4.74 Å². The lowest BCUT2D eigenvalue weighted by Gasteiger charge is -2.33. The van der Waals surface area contributed by atoms with Gasteiger partial charge in [-0.15, -0.1) is 11.6 Å². The van der Waals surface area contributed by atoms with Crippen LogP contribution in [0.5, 0.6) is 0 Å². The Morgan fingerprint density at radius 3 is 2.60 bits per heavy atom. The van der Waals surface area contributed by atoms with E-state index in [1.807, 2.05) is 0 Å². The van der Waals surface area contributed by atoms with E-state index in [-0.39, 0.29) is 0 Å². The topological polar surface area (TPSA) is 9.23 Å². The van der Waals surface area contributed by atoms with Gasteiger partial charge in [-0.05, 0) is 44.9 Å². The van der Waals surface area contributed by atoms with E-state index < -0.39 is 0 Å². The molecule has 1 nitrogen and oxygen atoms in total. The Morgan fingerprint density at radius 2 is 1.87 bits per heavy atom. The maximum atomic E-state index is 6.29. The van der Waals surface area contributed by atoms with Crippen molar-refractivity contribution < 1.29 is 4.74 Å². The molecule has 0 aromatic heterocycles. The van der Waals surface area contributed by atoms with Crippen molar-refractivity contribution in [2.45, 2.75) is 75.9 Å². The molecule has 1 saturated carbocycles. The first-order valence-electron chi connectivity index (χ1n) is 6.58. The Hall–Kier alpha value is 0.250. The summed E-state index contributed by atoms with van der Waals surface area (Å²) in [4.78, 5) is 0. The number of rotatable bonds is 4. The Bertz CT molecular complexity index is 185. The fraction of sp³-hybridized carbons (Fsp3) is 1.00. The first-order chi connectivity index (χ1) is 7.35. The summed E-state index contributed by atoms with van der Waals surface area (Å²) in [5, 5.41) is 0. The molecule has 0 amide bonds. The zero-order valence-corrected chi connectivity index (χ0v) is 10.4. The lowest BCUT2D eigenvalue weighted by atomic mass is 9.83. The van der Waals surface area contributed by atoms with E-state index in [0.29, 0.717) is 11.7 Å². The third-order valence-electron chi connectivity index (χ3n) is 4.01. The summed E-state index contributed by atoms with van der Waals surface area (Å²) >= 11 is 5.69. The van der Waals surface area contributed by atoms with Crippen molar-refractivity contribution >= 4 is 11.6 Å². The van der Waals surface area contributed by atoms with Gasteiger partial charge in [-0.25, -0.2) is 0 Å². The highest BCUT2D eigenvalue weighted by Gasteiger charge is 2.40. The van der Waals surface area contributed by atoms with Gasteiger partial charge in [0.15, 0.2) is 0 Å². The molecular weight excluding hydrogens is 208 g/mol. The van der Waals surface area contributed by atoms with Crippen LogP contribution in [0, 0.1) is 0 Å². The van der Waals surface area contributed by atoms with Gasteiger partial charge in [-0.3, -0.25) is 0 Å². The molecule has 0 N–H and O–H groups in total. The molecule has 1 saturated heterocycles. The number of ether oxygens (including phenoxy) is 1. The maximum absolute atomic E-state index is 6.29. The first-order valence-corrected chi connectivity index (χ1v) is 7.12. The molecule has 0 bridgehead atoms.